The predicted molar refractivity (Wildman–Crippen MR) is 69.3 cm³/mol. The molecule has 0 spiro atoms. The molecular weight excluding hydrogens is 196 g/mol. The molecule has 1 aliphatic carbocycles. The summed E-state index contributed by atoms with van der Waals surface area (Å²) >= 11 is 0. The van der Waals surface area contributed by atoms with Gasteiger partial charge in [-0.1, -0.05) is 20.8 Å². The Morgan fingerprint density at radius 1 is 1.00 bits per heavy atom. The van der Waals surface area contributed by atoms with Gasteiger partial charge in [0.15, 0.2) is 0 Å². The van der Waals surface area contributed by atoms with Crippen LogP contribution in [-0.4, -0.2) is 28.6 Å². The standard InChI is InChI=1S/C14H28N2/c1-13(2,3)12-9-7-10(15)11(8-9)16(12)14(4,5)6/h9-12H,7-8,15H2,1-6H3/t9?,10?,11?,12-/m0/s1. The average molecular weight is 224 g/mol. The molecule has 16 heavy (non-hydrogen) atoms. The maximum atomic E-state index is 6.27. The van der Waals surface area contributed by atoms with Crippen molar-refractivity contribution in [2.24, 2.45) is 17.1 Å². The van der Waals surface area contributed by atoms with Gasteiger partial charge in [-0.15, -0.1) is 0 Å². The quantitative estimate of drug-likeness (QED) is 0.685. The summed E-state index contributed by atoms with van der Waals surface area (Å²) in [6, 6.07) is 1.73. The van der Waals surface area contributed by atoms with Crippen LogP contribution in [0.1, 0.15) is 54.4 Å². The van der Waals surface area contributed by atoms with Gasteiger partial charge in [0.1, 0.15) is 0 Å². The van der Waals surface area contributed by atoms with E-state index in [9.17, 15) is 0 Å². The predicted octanol–water partition coefficient (Wildman–Crippen LogP) is 2.62. The second-order valence-electron chi connectivity index (χ2n) is 7.85. The van der Waals surface area contributed by atoms with E-state index in [0.29, 0.717) is 23.5 Å². The molecule has 0 aromatic rings. The Hall–Kier alpha value is -0.0800. The van der Waals surface area contributed by atoms with Gasteiger partial charge in [0.05, 0.1) is 0 Å². The van der Waals surface area contributed by atoms with Gasteiger partial charge in [-0.25, -0.2) is 0 Å². The minimum absolute atomic E-state index is 0.245. The van der Waals surface area contributed by atoms with Crippen LogP contribution >= 0.6 is 0 Å². The van der Waals surface area contributed by atoms with Crippen LogP contribution in [0.15, 0.2) is 0 Å². The number of nitrogens with two attached hydrogens (primary N) is 1. The number of hydrogen-bond donors (Lipinski definition) is 1. The molecule has 2 heteroatoms. The number of hydrogen-bond acceptors (Lipinski definition) is 2. The molecule has 4 atom stereocenters. The molecule has 2 nitrogen and oxygen atoms in total. The zero-order valence-corrected chi connectivity index (χ0v) is 11.7. The first-order valence-electron chi connectivity index (χ1n) is 6.66. The molecule has 2 rings (SSSR count). The fraction of sp³-hybridized carbons (Fsp3) is 1.00. The molecule has 94 valence electrons. The third kappa shape index (κ3) is 1.80. The van der Waals surface area contributed by atoms with Crippen molar-refractivity contribution in [2.75, 3.05) is 0 Å². The summed E-state index contributed by atoms with van der Waals surface area (Å²) in [5.74, 6) is 0.819. The molecule has 3 unspecified atom stereocenters. The third-order valence-electron chi connectivity index (χ3n) is 4.38. The van der Waals surface area contributed by atoms with E-state index in [0.717, 1.165) is 5.92 Å². The molecule has 1 saturated carbocycles. The summed E-state index contributed by atoms with van der Waals surface area (Å²) in [6.45, 7) is 14.1. The van der Waals surface area contributed by atoms with Crippen LogP contribution in [0.3, 0.4) is 0 Å². The number of fused-ring (bicyclic) bond motifs is 2. The molecule has 1 heterocycles. The Morgan fingerprint density at radius 2 is 1.56 bits per heavy atom. The van der Waals surface area contributed by atoms with E-state index in [-0.39, 0.29) is 5.54 Å². The van der Waals surface area contributed by atoms with Gasteiger partial charge in [-0.05, 0) is 44.9 Å². The minimum Gasteiger partial charge on any atom is -0.326 e. The molecule has 2 N–H and O–H groups in total. The van der Waals surface area contributed by atoms with Crippen molar-refractivity contribution in [3.05, 3.63) is 0 Å². The molecule has 2 bridgehead atoms. The average Bonchev–Trinajstić information content (AvgIpc) is 2.55. The zero-order chi connectivity index (χ0) is 12.3. The van der Waals surface area contributed by atoms with Crippen LogP contribution in [-0.2, 0) is 0 Å². The fourth-order valence-corrected chi connectivity index (χ4v) is 4.14. The van der Waals surface area contributed by atoms with E-state index in [1.807, 2.05) is 0 Å². The van der Waals surface area contributed by atoms with Crippen molar-refractivity contribution >= 4 is 0 Å². The smallest absolute Gasteiger partial charge is 0.0259 e. The lowest BCUT2D eigenvalue weighted by Crippen LogP contribution is -2.61. The lowest BCUT2D eigenvalue weighted by atomic mass is 9.76. The molecule has 0 radical (unpaired) electrons. The fourth-order valence-electron chi connectivity index (χ4n) is 4.14. The number of nitrogens with zero attached hydrogens (tertiary/aromatic N) is 1. The normalized spacial score (nSPS) is 40.7. The van der Waals surface area contributed by atoms with Gasteiger partial charge in [-0.2, -0.15) is 0 Å². The topological polar surface area (TPSA) is 29.3 Å². The van der Waals surface area contributed by atoms with Crippen molar-refractivity contribution in [2.45, 2.75) is 78.0 Å². The Balaban J connectivity index is 2.32. The van der Waals surface area contributed by atoms with E-state index in [2.05, 4.69) is 46.4 Å². The minimum atomic E-state index is 0.245. The van der Waals surface area contributed by atoms with E-state index in [1.54, 1.807) is 0 Å². The maximum absolute atomic E-state index is 6.27. The lowest BCUT2D eigenvalue weighted by Gasteiger charge is -2.51. The SMILES string of the molecule is CC(C)(C)[C@@H]1C2CC(N)C(C2)N1C(C)(C)C. The van der Waals surface area contributed by atoms with Crippen LogP contribution in [0.4, 0.5) is 0 Å². The van der Waals surface area contributed by atoms with Crippen LogP contribution in [0.5, 0.6) is 0 Å². The van der Waals surface area contributed by atoms with Crippen LogP contribution in [0.2, 0.25) is 0 Å². The highest BCUT2D eigenvalue weighted by molar-refractivity contribution is 5.11. The van der Waals surface area contributed by atoms with Gasteiger partial charge in [-0.3, -0.25) is 4.90 Å². The van der Waals surface area contributed by atoms with Crippen molar-refractivity contribution in [3.63, 3.8) is 0 Å². The van der Waals surface area contributed by atoms with Crippen molar-refractivity contribution < 1.29 is 0 Å². The summed E-state index contributed by atoms with van der Waals surface area (Å²) in [5, 5.41) is 0. The van der Waals surface area contributed by atoms with Crippen LogP contribution < -0.4 is 5.73 Å². The van der Waals surface area contributed by atoms with E-state index < -0.39 is 0 Å². The van der Waals surface area contributed by atoms with Crippen molar-refractivity contribution in [3.8, 4) is 0 Å². The first-order chi connectivity index (χ1) is 7.12. The van der Waals surface area contributed by atoms with Gasteiger partial charge in [0.25, 0.3) is 0 Å². The van der Waals surface area contributed by atoms with Gasteiger partial charge in [0, 0.05) is 23.7 Å². The summed E-state index contributed by atoms with van der Waals surface area (Å²) in [7, 11) is 0. The first kappa shape index (κ1) is 12.4. The molecule has 1 aliphatic heterocycles. The number of likely N-dealkylation sites (tertiary alicyclic amines) is 1. The Labute approximate surface area is 101 Å². The molecular formula is C14H28N2. The monoisotopic (exact) mass is 224 g/mol. The van der Waals surface area contributed by atoms with E-state index in [4.69, 9.17) is 5.73 Å². The first-order valence-corrected chi connectivity index (χ1v) is 6.66. The molecule has 0 amide bonds. The third-order valence-corrected chi connectivity index (χ3v) is 4.38. The highest BCUT2D eigenvalue weighted by Crippen LogP contribution is 2.50. The summed E-state index contributed by atoms with van der Waals surface area (Å²) in [5.41, 5.74) is 6.88. The highest BCUT2D eigenvalue weighted by Gasteiger charge is 2.56. The summed E-state index contributed by atoms with van der Waals surface area (Å²) in [6.07, 6.45) is 2.56. The highest BCUT2D eigenvalue weighted by atomic mass is 15.3. The maximum Gasteiger partial charge on any atom is 0.0259 e. The van der Waals surface area contributed by atoms with E-state index in [1.165, 1.54) is 12.8 Å². The lowest BCUT2D eigenvalue weighted by molar-refractivity contribution is -0.0170. The molecule has 0 aromatic carbocycles. The van der Waals surface area contributed by atoms with Crippen LogP contribution in [0.25, 0.3) is 0 Å². The van der Waals surface area contributed by atoms with E-state index >= 15 is 0 Å². The zero-order valence-electron chi connectivity index (χ0n) is 11.7. The van der Waals surface area contributed by atoms with Crippen LogP contribution in [0, 0.1) is 11.3 Å². The number of piperidine rings is 1. The van der Waals surface area contributed by atoms with Gasteiger partial charge >= 0.3 is 0 Å². The summed E-state index contributed by atoms with van der Waals surface area (Å²) in [4.78, 5) is 2.71. The van der Waals surface area contributed by atoms with Crippen molar-refractivity contribution in [1.29, 1.82) is 0 Å². The van der Waals surface area contributed by atoms with Crippen molar-refractivity contribution in [1.82, 2.24) is 4.90 Å². The van der Waals surface area contributed by atoms with Gasteiger partial charge in [0.2, 0.25) is 0 Å². The molecule has 2 fully saturated rings. The molecule has 0 aromatic heterocycles. The Bertz CT molecular complexity index is 271. The Morgan fingerprint density at radius 3 is 2.00 bits per heavy atom. The second-order valence-corrected chi connectivity index (χ2v) is 7.85. The largest absolute Gasteiger partial charge is 0.326 e. The molecule has 1 saturated heterocycles. The molecule has 2 aliphatic rings. The second kappa shape index (κ2) is 3.46. The Kier molecular flexibility index (Phi) is 2.67. The van der Waals surface area contributed by atoms with Gasteiger partial charge < -0.3 is 5.73 Å². The number of rotatable bonds is 0. The summed E-state index contributed by atoms with van der Waals surface area (Å²) < 4.78 is 0.